The average Bonchev–Trinajstić information content (AvgIpc) is 2.84. The SMILES string of the molecule is CN(C)CCN1C(=O)c2ccc3c(Cl)c4ccccc4nc3c2C1=O. The maximum atomic E-state index is 12.9. The number of hydrogen-bond acceptors (Lipinski definition) is 4. The van der Waals surface area contributed by atoms with Crippen LogP contribution in [-0.2, 0) is 0 Å². The summed E-state index contributed by atoms with van der Waals surface area (Å²) >= 11 is 6.54. The predicted octanol–water partition coefficient (Wildman–Crippen LogP) is 3.20. The monoisotopic (exact) mass is 353 g/mol. The number of hydrogen-bond donors (Lipinski definition) is 0. The van der Waals surface area contributed by atoms with E-state index < -0.39 is 0 Å². The highest BCUT2D eigenvalue weighted by atomic mass is 35.5. The summed E-state index contributed by atoms with van der Waals surface area (Å²) in [4.78, 5) is 33.4. The number of pyridine rings is 1. The second-order valence-corrected chi connectivity index (χ2v) is 6.77. The Labute approximate surface area is 149 Å². The van der Waals surface area contributed by atoms with Gasteiger partial charge in [-0.15, -0.1) is 0 Å². The van der Waals surface area contributed by atoms with Gasteiger partial charge in [-0.25, -0.2) is 4.98 Å². The minimum atomic E-state index is -0.300. The lowest BCUT2D eigenvalue weighted by Crippen LogP contribution is -2.35. The van der Waals surface area contributed by atoms with Crippen molar-refractivity contribution in [3.8, 4) is 0 Å². The number of para-hydroxylation sites is 1. The van der Waals surface area contributed by atoms with E-state index in [1.165, 1.54) is 4.90 Å². The van der Waals surface area contributed by atoms with Gasteiger partial charge in [0.15, 0.2) is 0 Å². The number of carbonyl (C=O) groups is 2. The van der Waals surface area contributed by atoms with E-state index in [4.69, 9.17) is 11.6 Å². The van der Waals surface area contributed by atoms with Crippen LogP contribution in [0.15, 0.2) is 36.4 Å². The molecule has 0 radical (unpaired) electrons. The third-order valence-electron chi connectivity index (χ3n) is 4.49. The van der Waals surface area contributed by atoms with Crippen LogP contribution in [-0.4, -0.2) is 53.8 Å². The van der Waals surface area contributed by atoms with Crippen LogP contribution in [0.3, 0.4) is 0 Å². The second kappa shape index (κ2) is 5.79. The van der Waals surface area contributed by atoms with E-state index in [0.29, 0.717) is 45.7 Å². The van der Waals surface area contributed by atoms with Crippen molar-refractivity contribution in [2.24, 2.45) is 0 Å². The zero-order valence-corrected chi connectivity index (χ0v) is 14.7. The Morgan fingerprint density at radius 2 is 1.80 bits per heavy atom. The van der Waals surface area contributed by atoms with Gasteiger partial charge in [0, 0.05) is 23.9 Å². The number of rotatable bonds is 3. The first kappa shape index (κ1) is 16.0. The fraction of sp³-hybridized carbons (Fsp3) is 0.211. The first-order valence-corrected chi connectivity index (χ1v) is 8.38. The molecule has 3 aromatic rings. The molecular weight excluding hydrogens is 338 g/mol. The summed E-state index contributed by atoms with van der Waals surface area (Å²) in [5.74, 6) is -0.568. The number of likely N-dealkylation sites (N-methyl/N-ethyl adjacent to an activating group) is 1. The largest absolute Gasteiger partial charge is 0.308 e. The van der Waals surface area contributed by atoms with Crippen LogP contribution in [0.1, 0.15) is 20.7 Å². The first-order chi connectivity index (χ1) is 12.0. The smallest absolute Gasteiger partial charge is 0.263 e. The molecule has 25 heavy (non-hydrogen) atoms. The van der Waals surface area contributed by atoms with Crippen LogP contribution in [0.5, 0.6) is 0 Å². The van der Waals surface area contributed by atoms with Gasteiger partial charge in [0.25, 0.3) is 11.8 Å². The molecule has 0 bridgehead atoms. The third-order valence-corrected chi connectivity index (χ3v) is 4.90. The maximum absolute atomic E-state index is 12.9. The van der Waals surface area contributed by atoms with Crippen molar-refractivity contribution in [2.45, 2.75) is 0 Å². The average molecular weight is 354 g/mol. The number of halogens is 1. The molecule has 0 fully saturated rings. The maximum Gasteiger partial charge on any atom is 0.263 e. The van der Waals surface area contributed by atoms with E-state index in [2.05, 4.69) is 4.98 Å². The van der Waals surface area contributed by atoms with Gasteiger partial charge in [-0.2, -0.15) is 0 Å². The summed E-state index contributed by atoms with van der Waals surface area (Å²) in [5.41, 5.74) is 1.95. The molecule has 1 aromatic heterocycles. The summed E-state index contributed by atoms with van der Waals surface area (Å²) in [5, 5.41) is 2.07. The number of amides is 2. The molecule has 0 saturated carbocycles. The van der Waals surface area contributed by atoms with E-state index in [9.17, 15) is 9.59 Å². The fourth-order valence-corrected chi connectivity index (χ4v) is 3.49. The summed E-state index contributed by atoms with van der Waals surface area (Å²) in [6, 6.07) is 11.0. The van der Waals surface area contributed by atoms with Crippen LogP contribution in [0.25, 0.3) is 21.8 Å². The van der Waals surface area contributed by atoms with Crippen LogP contribution in [0.2, 0.25) is 5.02 Å². The Morgan fingerprint density at radius 3 is 2.56 bits per heavy atom. The lowest BCUT2D eigenvalue weighted by atomic mass is 10.0. The number of nitrogens with zero attached hydrogens (tertiary/aromatic N) is 3. The van der Waals surface area contributed by atoms with E-state index in [-0.39, 0.29) is 11.8 Å². The molecule has 6 heteroatoms. The van der Waals surface area contributed by atoms with E-state index >= 15 is 0 Å². The van der Waals surface area contributed by atoms with Crippen molar-refractivity contribution in [1.29, 1.82) is 0 Å². The van der Waals surface area contributed by atoms with E-state index in [1.807, 2.05) is 43.3 Å². The summed E-state index contributed by atoms with van der Waals surface area (Å²) in [7, 11) is 3.81. The predicted molar refractivity (Wildman–Crippen MR) is 98.2 cm³/mol. The molecule has 4 rings (SSSR count). The van der Waals surface area contributed by atoms with Crippen LogP contribution in [0.4, 0.5) is 0 Å². The van der Waals surface area contributed by atoms with Gasteiger partial charge in [0.1, 0.15) is 0 Å². The zero-order chi connectivity index (χ0) is 17.7. The Morgan fingerprint density at radius 1 is 1.04 bits per heavy atom. The lowest BCUT2D eigenvalue weighted by molar-refractivity contribution is 0.0645. The van der Waals surface area contributed by atoms with Gasteiger partial charge >= 0.3 is 0 Å². The molecule has 1 aliphatic rings. The van der Waals surface area contributed by atoms with Gasteiger partial charge in [-0.1, -0.05) is 35.9 Å². The topological polar surface area (TPSA) is 53.5 Å². The standard InChI is InChI=1S/C19H16ClN3O2/c1-22(2)9-10-23-18(24)12-7-8-13-16(20)11-5-3-4-6-14(11)21-17(13)15(12)19(23)25/h3-8H,9-10H2,1-2H3. The summed E-state index contributed by atoms with van der Waals surface area (Å²) < 4.78 is 0. The van der Waals surface area contributed by atoms with Crippen molar-refractivity contribution in [3.05, 3.63) is 52.5 Å². The highest BCUT2D eigenvalue weighted by Gasteiger charge is 2.37. The Kier molecular flexibility index (Phi) is 3.71. The molecule has 0 N–H and O–H groups in total. The number of carbonyl (C=O) groups excluding carboxylic acids is 2. The van der Waals surface area contributed by atoms with Crippen molar-refractivity contribution in [3.63, 3.8) is 0 Å². The lowest BCUT2D eigenvalue weighted by Gasteiger charge is -2.16. The summed E-state index contributed by atoms with van der Waals surface area (Å²) in [6.07, 6.45) is 0. The third kappa shape index (κ3) is 2.39. The van der Waals surface area contributed by atoms with Gasteiger partial charge in [0.2, 0.25) is 0 Å². The van der Waals surface area contributed by atoms with Crippen molar-refractivity contribution in [2.75, 3.05) is 27.2 Å². The van der Waals surface area contributed by atoms with Gasteiger partial charge in [-0.05, 0) is 26.2 Å². The first-order valence-electron chi connectivity index (χ1n) is 8.01. The van der Waals surface area contributed by atoms with Crippen molar-refractivity contribution >= 4 is 45.2 Å². The minimum Gasteiger partial charge on any atom is -0.308 e. The number of aromatic nitrogens is 1. The number of benzene rings is 2. The van der Waals surface area contributed by atoms with Crippen LogP contribution in [0, 0.1) is 0 Å². The minimum absolute atomic E-state index is 0.269. The van der Waals surface area contributed by atoms with Crippen LogP contribution < -0.4 is 0 Å². The van der Waals surface area contributed by atoms with Crippen molar-refractivity contribution < 1.29 is 9.59 Å². The molecule has 2 amide bonds. The Hall–Kier alpha value is -2.50. The molecule has 0 unspecified atom stereocenters. The molecule has 2 heterocycles. The summed E-state index contributed by atoms with van der Waals surface area (Å²) in [6.45, 7) is 0.961. The number of imide groups is 1. The quantitative estimate of drug-likeness (QED) is 0.536. The molecule has 2 aromatic carbocycles. The van der Waals surface area contributed by atoms with Gasteiger partial charge in [0.05, 0.1) is 27.2 Å². The van der Waals surface area contributed by atoms with Gasteiger partial charge < -0.3 is 4.90 Å². The molecule has 0 saturated heterocycles. The molecule has 5 nitrogen and oxygen atoms in total. The second-order valence-electron chi connectivity index (χ2n) is 6.39. The van der Waals surface area contributed by atoms with E-state index in [0.717, 1.165) is 5.39 Å². The normalized spacial score (nSPS) is 14.2. The molecular formula is C19H16ClN3O2. The van der Waals surface area contributed by atoms with Gasteiger partial charge in [-0.3, -0.25) is 14.5 Å². The van der Waals surface area contributed by atoms with Crippen molar-refractivity contribution in [1.82, 2.24) is 14.8 Å². The molecule has 0 spiro atoms. The van der Waals surface area contributed by atoms with Crippen LogP contribution >= 0.6 is 11.6 Å². The Balaban J connectivity index is 1.93. The molecule has 126 valence electrons. The zero-order valence-electron chi connectivity index (χ0n) is 13.9. The highest BCUT2D eigenvalue weighted by Crippen LogP contribution is 2.35. The molecule has 1 aliphatic heterocycles. The Bertz CT molecular complexity index is 1050. The number of fused-ring (bicyclic) bond motifs is 4. The highest BCUT2D eigenvalue weighted by molar-refractivity contribution is 6.41. The fourth-order valence-electron chi connectivity index (χ4n) is 3.18. The van der Waals surface area contributed by atoms with E-state index in [1.54, 1.807) is 12.1 Å². The molecule has 0 atom stereocenters. The molecule has 0 aliphatic carbocycles.